The maximum atomic E-state index is 12.6. The van der Waals surface area contributed by atoms with Crippen molar-refractivity contribution >= 4 is 13.7 Å². The fraction of sp³-hybridized carbons (Fsp3) is 0.588. The third-order valence-electron chi connectivity index (χ3n) is 3.68. The monoisotopic (exact) mass is 411 g/mol. The van der Waals surface area contributed by atoms with Crippen LogP contribution >= 0.6 is 7.82 Å². The lowest BCUT2D eigenvalue weighted by molar-refractivity contribution is -0.137. The number of unbranched alkanes of at least 4 members (excludes halogenated alkanes) is 4. The number of carbonyl (C=O) groups excluding carboxylic acids is 1. The van der Waals surface area contributed by atoms with Gasteiger partial charge in [0.25, 0.3) is 0 Å². The molecule has 1 aromatic rings. The number of phosphoric acid groups is 1. The number of hydroxylamine groups is 1. The molecule has 0 aliphatic rings. The van der Waals surface area contributed by atoms with E-state index in [-0.39, 0.29) is 19.4 Å². The van der Waals surface area contributed by atoms with Gasteiger partial charge in [-0.1, -0.05) is 50.8 Å². The Balaban J connectivity index is 2.31. The van der Waals surface area contributed by atoms with E-state index in [1.807, 2.05) is 5.48 Å². The molecule has 0 saturated heterocycles. The standard InChI is InChI=1S/C17H25F3NO5P/c1-2-3-4-5-6-10-16(22)21-26-27(23,24)25-12-11-14-8-7-9-15(13-14)17(18,19)20/h7-9,13H,2-6,10-12H2,1H3,(H,21,22)(H,23,24). The normalized spacial score (nSPS) is 14.0. The lowest BCUT2D eigenvalue weighted by Gasteiger charge is -2.13. The second kappa shape index (κ2) is 11.4. The Morgan fingerprint density at radius 2 is 1.93 bits per heavy atom. The van der Waals surface area contributed by atoms with Crippen molar-refractivity contribution < 1.29 is 36.6 Å². The van der Waals surface area contributed by atoms with Crippen molar-refractivity contribution in [1.29, 1.82) is 0 Å². The topological polar surface area (TPSA) is 84.9 Å². The minimum absolute atomic E-state index is 0.0246. The zero-order valence-electron chi connectivity index (χ0n) is 15.1. The molecule has 0 saturated carbocycles. The molecule has 0 bridgehead atoms. The number of nitrogens with one attached hydrogen (secondary N) is 1. The van der Waals surface area contributed by atoms with Crippen LogP contribution in [-0.2, 0) is 31.1 Å². The molecule has 6 nitrogen and oxygen atoms in total. The number of carbonyl (C=O) groups is 1. The van der Waals surface area contributed by atoms with Gasteiger partial charge in [0.15, 0.2) is 0 Å². The van der Waals surface area contributed by atoms with Crippen LogP contribution in [0, 0.1) is 0 Å². The summed E-state index contributed by atoms with van der Waals surface area (Å²) in [6.45, 7) is 1.73. The van der Waals surface area contributed by atoms with Crippen LogP contribution in [0.25, 0.3) is 0 Å². The molecule has 1 aromatic carbocycles. The van der Waals surface area contributed by atoms with E-state index in [0.29, 0.717) is 12.0 Å². The number of phosphoric ester groups is 1. The molecule has 0 heterocycles. The van der Waals surface area contributed by atoms with Crippen molar-refractivity contribution in [2.75, 3.05) is 6.61 Å². The molecule has 0 spiro atoms. The molecule has 154 valence electrons. The number of benzene rings is 1. The molecule has 10 heteroatoms. The first kappa shape index (κ1) is 23.6. The second-order valence-corrected chi connectivity index (χ2v) is 7.41. The maximum Gasteiger partial charge on any atom is 0.493 e. The number of hydrogen-bond acceptors (Lipinski definition) is 4. The summed E-state index contributed by atoms with van der Waals surface area (Å²) in [6, 6.07) is 4.56. The SMILES string of the molecule is CCCCCCCC(=O)NOP(=O)(O)OCCc1cccc(C(F)(F)F)c1. The summed E-state index contributed by atoms with van der Waals surface area (Å²) in [4.78, 5) is 21.0. The number of halogens is 3. The van der Waals surface area contributed by atoms with Gasteiger partial charge in [-0.25, -0.2) is 10.0 Å². The molecule has 0 fully saturated rings. The number of alkyl halides is 3. The third kappa shape index (κ3) is 10.5. The Kier molecular flexibility index (Phi) is 10.0. The summed E-state index contributed by atoms with van der Waals surface area (Å²) in [5.74, 6) is -0.540. The lowest BCUT2D eigenvalue weighted by Crippen LogP contribution is -2.22. The average Bonchev–Trinajstić information content (AvgIpc) is 2.59. The van der Waals surface area contributed by atoms with Crippen molar-refractivity contribution in [2.24, 2.45) is 0 Å². The molecular weight excluding hydrogens is 386 g/mol. The molecule has 1 rings (SSSR count). The minimum atomic E-state index is -4.53. The van der Waals surface area contributed by atoms with Crippen molar-refractivity contribution in [3.63, 3.8) is 0 Å². The van der Waals surface area contributed by atoms with Crippen molar-refractivity contribution in [3.05, 3.63) is 35.4 Å². The second-order valence-electron chi connectivity index (χ2n) is 6.03. The van der Waals surface area contributed by atoms with E-state index < -0.39 is 25.5 Å². The van der Waals surface area contributed by atoms with Gasteiger partial charge in [0.05, 0.1) is 12.2 Å². The van der Waals surface area contributed by atoms with Crippen LogP contribution in [0.5, 0.6) is 0 Å². The zero-order chi connectivity index (χ0) is 20.3. The maximum absolute atomic E-state index is 12.6. The van der Waals surface area contributed by atoms with E-state index in [2.05, 4.69) is 16.1 Å². The Morgan fingerprint density at radius 1 is 1.22 bits per heavy atom. The highest BCUT2D eigenvalue weighted by atomic mass is 31.2. The van der Waals surface area contributed by atoms with Gasteiger partial charge in [0, 0.05) is 6.42 Å². The van der Waals surface area contributed by atoms with Crippen LogP contribution in [-0.4, -0.2) is 17.4 Å². The molecule has 0 aliphatic carbocycles. The Hall–Kier alpha value is -1.41. The Labute approximate surface area is 156 Å². The number of amides is 1. The predicted octanol–water partition coefficient (Wildman–Crippen LogP) is 4.77. The smallest absolute Gasteiger partial charge is 0.301 e. The largest absolute Gasteiger partial charge is 0.493 e. The van der Waals surface area contributed by atoms with E-state index >= 15 is 0 Å². The van der Waals surface area contributed by atoms with Crippen LogP contribution in [0.2, 0.25) is 0 Å². The molecular formula is C17H25F3NO5P. The Morgan fingerprint density at radius 3 is 2.59 bits per heavy atom. The van der Waals surface area contributed by atoms with E-state index in [9.17, 15) is 27.4 Å². The molecule has 0 radical (unpaired) electrons. The van der Waals surface area contributed by atoms with Crippen LogP contribution < -0.4 is 5.48 Å². The van der Waals surface area contributed by atoms with Gasteiger partial charge in [-0.05, 0) is 24.5 Å². The number of hydrogen-bond donors (Lipinski definition) is 2. The highest BCUT2D eigenvalue weighted by molar-refractivity contribution is 7.47. The molecule has 1 unspecified atom stereocenters. The zero-order valence-corrected chi connectivity index (χ0v) is 16.0. The highest BCUT2D eigenvalue weighted by Gasteiger charge is 2.30. The molecule has 1 amide bonds. The quantitative estimate of drug-likeness (QED) is 0.294. The Bertz CT molecular complexity index is 639. The predicted molar refractivity (Wildman–Crippen MR) is 93.5 cm³/mol. The van der Waals surface area contributed by atoms with Crippen LogP contribution in [0.1, 0.15) is 56.6 Å². The molecule has 0 aromatic heterocycles. The lowest BCUT2D eigenvalue weighted by atomic mass is 10.1. The number of rotatable bonds is 12. The van der Waals surface area contributed by atoms with Crippen molar-refractivity contribution in [3.8, 4) is 0 Å². The summed E-state index contributed by atoms with van der Waals surface area (Å²) in [5, 5.41) is 0. The first-order valence-electron chi connectivity index (χ1n) is 8.75. The summed E-state index contributed by atoms with van der Waals surface area (Å²) < 4.78 is 58.6. The van der Waals surface area contributed by atoms with Crippen LogP contribution in [0.3, 0.4) is 0 Å². The van der Waals surface area contributed by atoms with Gasteiger partial charge in [-0.15, -0.1) is 0 Å². The van der Waals surface area contributed by atoms with Gasteiger partial charge < -0.3 is 4.89 Å². The van der Waals surface area contributed by atoms with Crippen LogP contribution in [0.15, 0.2) is 24.3 Å². The fourth-order valence-electron chi connectivity index (χ4n) is 2.26. The van der Waals surface area contributed by atoms with Crippen LogP contribution in [0.4, 0.5) is 13.2 Å². The van der Waals surface area contributed by atoms with E-state index in [1.54, 1.807) is 0 Å². The summed E-state index contributed by atoms with van der Waals surface area (Å²) in [5.41, 5.74) is 1.35. The highest BCUT2D eigenvalue weighted by Crippen LogP contribution is 2.42. The first-order chi connectivity index (χ1) is 12.6. The van der Waals surface area contributed by atoms with E-state index in [1.165, 1.54) is 12.1 Å². The average molecular weight is 411 g/mol. The summed E-state index contributed by atoms with van der Waals surface area (Å²) >= 11 is 0. The van der Waals surface area contributed by atoms with Gasteiger partial charge >= 0.3 is 14.0 Å². The van der Waals surface area contributed by atoms with Crippen molar-refractivity contribution in [1.82, 2.24) is 5.48 Å². The third-order valence-corrected chi connectivity index (χ3v) is 4.51. The minimum Gasteiger partial charge on any atom is -0.301 e. The summed E-state index contributed by atoms with van der Waals surface area (Å²) in [6.07, 6.45) is 0.378. The van der Waals surface area contributed by atoms with Gasteiger partial charge in [-0.2, -0.15) is 17.8 Å². The van der Waals surface area contributed by atoms with E-state index in [4.69, 9.17) is 0 Å². The molecule has 27 heavy (non-hydrogen) atoms. The molecule has 1 atom stereocenters. The van der Waals surface area contributed by atoms with E-state index in [0.717, 1.165) is 37.8 Å². The van der Waals surface area contributed by atoms with Gasteiger partial charge in [0.1, 0.15) is 0 Å². The first-order valence-corrected chi connectivity index (χ1v) is 10.2. The van der Waals surface area contributed by atoms with Gasteiger partial charge in [0.2, 0.25) is 5.91 Å². The molecule has 0 aliphatic heterocycles. The van der Waals surface area contributed by atoms with Gasteiger partial charge in [-0.3, -0.25) is 9.32 Å². The summed E-state index contributed by atoms with van der Waals surface area (Å²) in [7, 11) is -4.53. The van der Waals surface area contributed by atoms with Crippen molar-refractivity contribution in [2.45, 2.75) is 58.0 Å². The fourth-order valence-corrected chi connectivity index (χ4v) is 2.85. The molecule has 2 N–H and O–H groups in total.